The summed E-state index contributed by atoms with van der Waals surface area (Å²) in [7, 11) is 0. The highest BCUT2D eigenvalue weighted by Crippen LogP contribution is 2.39. The van der Waals surface area contributed by atoms with E-state index < -0.39 is 5.54 Å². The van der Waals surface area contributed by atoms with Gasteiger partial charge in [-0.05, 0) is 32.1 Å². The fraction of sp³-hybridized carbons (Fsp3) is 0.900. The molecule has 2 atom stereocenters. The smallest absolute Gasteiger partial charge is 0.242 e. The number of nitrogens with zero attached hydrogens (tertiary/aromatic N) is 1. The first-order valence-corrected chi connectivity index (χ1v) is 5.28. The summed E-state index contributed by atoms with van der Waals surface area (Å²) in [5, 5.41) is 9.33. The second kappa shape index (κ2) is 3.21. The maximum absolute atomic E-state index is 12.0. The fourth-order valence-corrected chi connectivity index (χ4v) is 2.12. The molecule has 2 fully saturated rings. The van der Waals surface area contributed by atoms with E-state index in [1.807, 2.05) is 6.92 Å². The van der Waals surface area contributed by atoms with E-state index in [1.54, 1.807) is 4.90 Å². The van der Waals surface area contributed by atoms with Gasteiger partial charge < -0.3 is 15.7 Å². The summed E-state index contributed by atoms with van der Waals surface area (Å²) in [5.41, 5.74) is 5.31. The number of hydrogen-bond donors (Lipinski definition) is 2. The lowest BCUT2D eigenvalue weighted by Gasteiger charge is -2.28. The predicted molar refractivity (Wildman–Crippen MR) is 52.5 cm³/mol. The molecule has 1 aliphatic carbocycles. The Morgan fingerprint density at radius 1 is 1.50 bits per heavy atom. The van der Waals surface area contributed by atoms with Crippen molar-refractivity contribution in [3.8, 4) is 0 Å². The van der Waals surface area contributed by atoms with Crippen LogP contribution in [0.25, 0.3) is 0 Å². The van der Waals surface area contributed by atoms with Gasteiger partial charge in [0.25, 0.3) is 0 Å². The molecule has 1 heterocycles. The number of β-amino-alcohol motifs (C(OH)–C–C–N with tert-alkyl or cyclic N) is 1. The summed E-state index contributed by atoms with van der Waals surface area (Å²) in [5.74, 6) is 0.365. The molecule has 0 aromatic heterocycles. The molecule has 1 unspecified atom stereocenters. The van der Waals surface area contributed by atoms with Gasteiger partial charge in [-0.3, -0.25) is 4.79 Å². The molecule has 0 spiro atoms. The van der Waals surface area contributed by atoms with Crippen LogP contribution in [0.5, 0.6) is 0 Å². The van der Waals surface area contributed by atoms with Gasteiger partial charge in [-0.25, -0.2) is 0 Å². The predicted octanol–water partition coefficient (Wildman–Crippen LogP) is -0.293. The first-order chi connectivity index (χ1) is 6.51. The zero-order chi connectivity index (χ0) is 10.3. The van der Waals surface area contributed by atoms with Gasteiger partial charge >= 0.3 is 0 Å². The van der Waals surface area contributed by atoms with E-state index >= 15 is 0 Å². The van der Waals surface area contributed by atoms with Crippen LogP contribution in [0.3, 0.4) is 0 Å². The molecule has 1 saturated heterocycles. The van der Waals surface area contributed by atoms with Gasteiger partial charge in [0.2, 0.25) is 5.91 Å². The maximum Gasteiger partial charge on any atom is 0.242 e. The largest absolute Gasteiger partial charge is 0.391 e. The molecule has 14 heavy (non-hydrogen) atoms. The molecule has 0 radical (unpaired) electrons. The van der Waals surface area contributed by atoms with E-state index in [0.29, 0.717) is 25.4 Å². The summed E-state index contributed by atoms with van der Waals surface area (Å²) in [4.78, 5) is 13.7. The van der Waals surface area contributed by atoms with Gasteiger partial charge in [0.05, 0.1) is 11.6 Å². The number of nitrogens with two attached hydrogens (primary N) is 1. The van der Waals surface area contributed by atoms with Gasteiger partial charge in [0.15, 0.2) is 0 Å². The zero-order valence-electron chi connectivity index (χ0n) is 8.57. The first kappa shape index (κ1) is 9.93. The highest BCUT2D eigenvalue weighted by molar-refractivity contribution is 5.86. The van der Waals surface area contributed by atoms with Gasteiger partial charge in [-0.15, -0.1) is 0 Å². The van der Waals surface area contributed by atoms with Crippen LogP contribution < -0.4 is 5.73 Å². The second-order valence-electron chi connectivity index (χ2n) is 4.75. The average molecular weight is 198 g/mol. The molecule has 3 N–H and O–H groups in total. The highest BCUT2D eigenvalue weighted by Gasteiger charge is 2.46. The molecule has 80 valence electrons. The van der Waals surface area contributed by atoms with Gasteiger partial charge in [-0.1, -0.05) is 0 Å². The lowest BCUT2D eigenvalue weighted by Crippen LogP contribution is -2.54. The maximum atomic E-state index is 12.0. The van der Waals surface area contributed by atoms with Crippen molar-refractivity contribution in [2.45, 2.75) is 37.8 Å². The van der Waals surface area contributed by atoms with Crippen LogP contribution in [-0.2, 0) is 4.79 Å². The third-order valence-corrected chi connectivity index (χ3v) is 3.34. The molecule has 4 heteroatoms. The fourth-order valence-electron chi connectivity index (χ4n) is 2.12. The van der Waals surface area contributed by atoms with E-state index in [1.165, 1.54) is 0 Å². The van der Waals surface area contributed by atoms with Crippen molar-refractivity contribution in [3.63, 3.8) is 0 Å². The van der Waals surface area contributed by atoms with Crippen LogP contribution in [0.4, 0.5) is 0 Å². The lowest BCUT2D eigenvalue weighted by atomic mass is 9.95. The Kier molecular flexibility index (Phi) is 2.27. The van der Waals surface area contributed by atoms with Crippen molar-refractivity contribution >= 4 is 5.91 Å². The molecule has 4 nitrogen and oxygen atoms in total. The van der Waals surface area contributed by atoms with E-state index in [2.05, 4.69) is 0 Å². The summed E-state index contributed by atoms with van der Waals surface area (Å²) in [6, 6.07) is 0. The Labute approximate surface area is 84.1 Å². The van der Waals surface area contributed by atoms with Gasteiger partial charge in [-0.2, -0.15) is 0 Å². The number of aliphatic hydroxyl groups excluding tert-OH is 1. The number of amides is 1. The van der Waals surface area contributed by atoms with Crippen molar-refractivity contribution in [3.05, 3.63) is 0 Å². The Hall–Kier alpha value is -0.610. The summed E-state index contributed by atoms with van der Waals surface area (Å²) in [6.45, 7) is 2.93. The zero-order valence-corrected chi connectivity index (χ0v) is 8.57. The van der Waals surface area contributed by atoms with Gasteiger partial charge in [0, 0.05) is 13.1 Å². The quantitative estimate of drug-likeness (QED) is 0.640. The van der Waals surface area contributed by atoms with Gasteiger partial charge in [0.1, 0.15) is 0 Å². The molecular weight excluding hydrogens is 180 g/mol. The van der Waals surface area contributed by atoms with Crippen LogP contribution in [0.15, 0.2) is 0 Å². The van der Waals surface area contributed by atoms with Crippen LogP contribution in [0, 0.1) is 5.92 Å². The molecule has 2 aliphatic rings. The van der Waals surface area contributed by atoms with E-state index in [-0.39, 0.29) is 12.0 Å². The SMILES string of the molecule is CC(N)(C(=O)N1CC[C@@H](O)C1)C1CC1. The van der Waals surface area contributed by atoms with Crippen molar-refractivity contribution < 1.29 is 9.90 Å². The van der Waals surface area contributed by atoms with Crippen molar-refractivity contribution in [1.82, 2.24) is 4.90 Å². The third-order valence-electron chi connectivity index (χ3n) is 3.34. The summed E-state index contributed by atoms with van der Waals surface area (Å²) in [6.07, 6.45) is 2.46. The molecular formula is C10H18N2O2. The Balaban J connectivity index is 2.00. The van der Waals surface area contributed by atoms with Crippen LogP contribution in [0.1, 0.15) is 26.2 Å². The third kappa shape index (κ3) is 1.64. The second-order valence-corrected chi connectivity index (χ2v) is 4.75. The van der Waals surface area contributed by atoms with E-state index in [4.69, 9.17) is 5.73 Å². The monoisotopic (exact) mass is 198 g/mol. The molecule has 1 amide bonds. The first-order valence-electron chi connectivity index (χ1n) is 5.28. The molecule has 0 aromatic carbocycles. The Morgan fingerprint density at radius 3 is 2.57 bits per heavy atom. The number of aliphatic hydroxyl groups is 1. The van der Waals surface area contributed by atoms with Crippen molar-refractivity contribution in [2.75, 3.05) is 13.1 Å². The van der Waals surface area contributed by atoms with Crippen molar-refractivity contribution in [2.24, 2.45) is 11.7 Å². The average Bonchev–Trinajstić information content (AvgIpc) is 2.89. The summed E-state index contributed by atoms with van der Waals surface area (Å²) >= 11 is 0. The lowest BCUT2D eigenvalue weighted by molar-refractivity contribution is -0.136. The molecule has 0 aromatic rings. The molecule has 0 bridgehead atoms. The normalized spacial score (nSPS) is 31.6. The number of rotatable bonds is 2. The van der Waals surface area contributed by atoms with Crippen LogP contribution in [0.2, 0.25) is 0 Å². The number of hydrogen-bond acceptors (Lipinski definition) is 3. The highest BCUT2D eigenvalue weighted by atomic mass is 16.3. The summed E-state index contributed by atoms with van der Waals surface area (Å²) < 4.78 is 0. The van der Waals surface area contributed by atoms with Crippen molar-refractivity contribution in [1.29, 1.82) is 0 Å². The minimum Gasteiger partial charge on any atom is -0.391 e. The van der Waals surface area contributed by atoms with E-state index in [9.17, 15) is 9.90 Å². The standard InChI is InChI=1S/C10H18N2O2/c1-10(11,7-2-3-7)9(14)12-5-4-8(13)6-12/h7-8,13H,2-6,11H2,1H3/t8-,10?/m1/s1. The molecule has 2 rings (SSSR count). The number of likely N-dealkylation sites (tertiary alicyclic amines) is 1. The minimum absolute atomic E-state index is 0.0107. The topological polar surface area (TPSA) is 66.6 Å². The Morgan fingerprint density at radius 2 is 2.14 bits per heavy atom. The number of carbonyl (C=O) groups is 1. The minimum atomic E-state index is -0.704. The van der Waals surface area contributed by atoms with Crippen LogP contribution in [-0.4, -0.2) is 40.6 Å². The number of carbonyl (C=O) groups excluding carboxylic acids is 1. The van der Waals surface area contributed by atoms with Crippen LogP contribution >= 0.6 is 0 Å². The molecule has 1 aliphatic heterocycles. The Bertz CT molecular complexity index is 249. The molecule has 1 saturated carbocycles. The van der Waals surface area contributed by atoms with E-state index in [0.717, 1.165) is 12.8 Å².